The van der Waals surface area contributed by atoms with Gasteiger partial charge in [-0.2, -0.15) is 5.10 Å². The molecular formula is C10H7BrClFN2. The minimum Gasteiger partial charge on any atom is -0.267 e. The van der Waals surface area contributed by atoms with E-state index in [1.807, 2.05) is 6.20 Å². The Morgan fingerprint density at radius 3 is 2.87 bits per heavy atom. The highest BCUT2D eigenvalue weighted by Gasteiger charge is 2.03. The number of hydrogen-bond donors (Lipinski definition) is 0. The van der Waals surface area contributed by atoms with E-state index in [0.717, 1.165) is 10.0 Å². The van der Waals surface area contributed by atoms with Crippen molar-refractivity contribution < 1.29 is 4.39 Å². The van der Waals surface area contributed by atoms with Gasteiger partial charge in [-0.3, -0.25) is 4.68 Å². The van der Waals surface area contributed by atoms with Crippen LogP contribution in [0.5, 0.6) is 0 Å². The van der Waals surface area contributed by atoms with E-state index in [1.165, 1.54) is 12.1 Å². The van der Waals surface area contributed by atoms with E-state index in [-0.39, 0.29) is 5.82 Å². The van der Waals surface area contributed by atoms with E-state index in [4.69, 9.17) is 11.6 Å². The number of halogens is 3. The van der Waals surface area contributed by atoms with Crippen LogP contribution in [0, 0.1) is 5.82 Å². The third-order valence-corrected chi connectivity index (χ3v) is 2.71. The molecule has 78 valence electrons. The van der Waals surface area contributed by atoms with Gasteiger partial charge in [0.05, 0.1) is 17.2 Å². The monoisotopic (exact) mass is 288 g/mol. The van der Waals surface area contributed by atoms with Gasteiger partial charge in [0.25, 0.3) is 0 Å². The lowest BCUT2D eigenvalue weighted by Crippen LogP contribution is -2.00. The lowest BCUT2D eigenvalue weighted by atomic mass is 10.2. The van der Waals surface area contributed by atoms with Gasteiger partial charge < -0.3 is 0 Å². The molecule has 0 aliphatic rings. The lowest BCUT2D eigenvalue weighted by Gasteiger charge is -2.04. The Bertz CT molecular complexity index is 484. The molecule has 0 aliphatic carbocycles. The van der Waals surface area contributed by atoms with Gasteiger partial charge in [0.2, 0.25) is 0 Å². The highest BCUT2D eigenvalue weighted by Crippen LogP contribution is 2.18. The maximum Gasteiger partial charge on any atom is 0.124 e. The molecule has 0 saturated carbocycles. The Balaban J connectivity index is 2.24. The van der Waals surface area contributed by atoms with Crippen LogP contribution in [0.1, 0.15) is 5.56 Å². The van der Waals surface area contributed by atoms with Crippen LogP contribution in [-0.4, -0.2) is 9.78 Å². The zero-order chi connectivity index (χ0) is 10.8. The Hall–Kier alpha value is -0.870. The van der Waals surface area contributed by atoms with Crippen molar-refractivity contribution in [2.75, 3.05) is 0 Å². The van der Waals surface area contributed by atoms with E-state index in [0.29, 0.717) is 11.6 Å². The van der Waals surface area contributed by atoms with Crippen molar-refractivity contribution in [3.63, 3.8) is 0 Å². The Morgan fingerprint density at radius 2 is 2.27 bits per heavy atom. The molecule has 0 aliphatic heterocycles. The summed E-state index contributed by atoms with van der Waals surface area (Å²) in [5.41, 5.74) is 0.841. The standard InChI is InChI=1S/C10H7BrClFN2/c11-8-4-14-15(6-8)5-7-1-2-9(13)3-10(7)12/h1-4,6H,5H2. The van der Waals surface area contributed by atoms with Crippen LogP contribution < -0.4 is 0 Å². The third kappa shape index (κ3) is 2.58. The van der Waals surface area contributed by atoms with Crippen molar-refractivity contribution in [2.45, 2.75) is 6.54 Å². The normalized spacial score (nSPS) is 10.6. The first-order valence-electron chi connectivity index (χ1n) is 4.27. The minimum atomic E-state index is -0.328. The van der Waals surface area contributed by atoms with E-state index in [1.54, 1.807) is 16.9 Å². The SMILES string of the molecule is Fc1ccc(Cn2cc(Br)cn2)c(Cl)c1. The number of aromatic nitrogens is 2. The van der Waals surface area contributed by atoms with Crippen LogP contribution in [0.2, 0.25) is 5.02 Å². The fourth-order valence-corrected chi connectivity index (χ4v) is 1.80. The Labute approximate surface area is 99.8 Å². The van der Waals surface area contributed by atoms with Crippen LogP contribution in [0.25, 0.3) is 0 Å². The summed E-state index contributed by atoms with van der Waals surface area (Å²) in [6.07, 6.45) is 3.52. The van der Waals surface area contributed by atoms with Gasteiger partial charge in [0, 0.05) is 11.2 Å². The van der Waals surface area contributed by atoms with Crippen molar-refractivity contribution in [3.05, 3.63) is 51.5 Å². The van der Waals surface area contributed by atoms with Crippen LogP contribution in [0.15, 0.2) is 35.1 Å². The summed E-state index contributed by atoms with van der Waals surface area (Å²) in [7, 11) is 0. The molecule has 0 amide bonds. The maximum atomic E-state index is 12.8. The Morgan fingerprint density at radius 1 is 1.47 bits per heavy atom. The average Bonchev–Trinajstić information content (AvgIpc) is 2.56. The number of rotatable bonds is 2. The van der Waals surface area contributed by atoms with Crippen LogP contribution in [-0.2, 0) is 6.54 Å². The summed E-state index contributed by atoms with van der Waals surface area (Å²) in [5, 5.41) is 4.51. The van der Waals surface area contributed by atoms with E-state index < -0.39 is 0 Å². The fraction of sp³-hybridized carbons (Fsp3) is 0.100. The second kappa shape index (κ2) is 4.33. The third-order valence-electron chi connectivity index (χ3n) is 1.95. The molecule has 2 aromatic rings. The molecule has 5 heteroatoms. The summed E-state index contributed by atoms with van der Waals surface area (Å²) in [4.78, 5) is 0. The highest BCUT2D eigenvalue weighted by atomic mass is 79.9. The van der Waals surface area contributed by atoms with Gasteiger partial charge in [-0.05, 0) is 33.6 Å². The molecule has 1 aromatic heterocycles. The van der Waals surface area contributed by atoms with E-state index >= 15 is 0 Å². The minimum absolute atomic E-state index is 0.328. The molecule has 2 rings (SSSR count). The number of nitrogens with zero attached hydrogens (tertiary/aromatic N) is 2. The summed E-state index contributed by atoms with van der Waals surface area (Å²) < 4.78 is 15.4. The zero-order valence-electron chi connectivity index (χ0n) is 7.62. The predicted octanol–water partition coefficient (Wildman–Crippen LogP) is 3.49. The summed E-state index contributed by atoms with van der Waals surface area (Å²) in [6, 6.07) is 4.35. The summed E-state index contributed by atoms with van der Waals surface area (Å²) in [5.74, 6) is -0.328. The van der Waals surface area contributed by atoms with Gasteiger partial charge in [-0.1, -0.05) is 17.7 Å². The Kier molecular flexibility index (Phi) is 3.07. The molecular weight excluding hydrogens is 282 g/mol. The zero-order valence-corrected chi connectivity index (χ0v) is 9.96. The number of benzene rings is 1. The highest BCUT2D eigenvalue weighted by molar-refractivity contribution is 9.10. The van der Waals surface area contributed by atoms with Crippen LogP contribution in [0.4, 0.5) is 4.39 Å². The molecule has 0 unspecified atom stereocenters. The van der Waals surface area contributed by atoms with E-state index in [9.17, 15) is 4.39 Å². The van der Waals surface area contributed by atoms with Crippen molar-refractivity contribution >= 4 is 27.5 Å². The van der Waals surface area contributed by atoms with Crippen molar-refractivity contribution in [2.24, 2.45) is 0 Å². The first-order valence-corrected chi connectivity index (χ1v) is 5.44. The van der Waals surface area contributed by atoms with Crippen molar-refractivity contribution in [1.82, 2.24) is 9.78 Å². The summed E-state index contributed by atoms with van der Waals surface area (Å²) in [6.45, 7) is 0.532. The molecule has 0 fully saturated rings. The fourth-order valence-electron chi connectivity index (χ4n) is 1.25. The molecule has 0 saturated heterocycles. The quantitative estimate of drug-likeness (QED) is 0.827. The molecule has 0 radical (unpaired) electrons. The molecule has 0 atom stereocenters. The molecule has 0 N–H and O–H groups in total. The van der Waals surface area contributed by atoms with Gasteiger partial charge in [-0.25, -0.2) is 4.39 Å². The molecule has 0 bridgehead atoms. The van der Waals surface area contributed by atoms with E-state index in [2.05, 4.69) is 21.0 Å². The van der Waals surface area contributed by atoms with Gasteiger partial charge in [0.15, 0.2) is 0 Å². The lowest BCUT2D eigenvalue weighted by molar-refractivity contribution is 0.624. The van der Waals surface area contributed by atoms with Gasteiger partial charge >= 0.3 is 0 Å². The molecule has 1 heterocycles. The second-order valence-corrected chi connectivity index (χ2v) is 4.41. The molecule has 1 aromatic carbocycles. The molecule has 2 nitrogen and oxygen atoms in total. The van der Waals surface area contributed by atoms with Crippen LogP contribution >= 0.6 is 27.5 Å². The molecule has 0 spiro atoms. The average molecular weight is 290 g/mol. The van der Waals surface area contributed by atoms with Gasteiger partial charge in [0.1, 0.15) is 5.82 Å². The second-order valence-electron chi connectivity index (χ2n) is 3.09. The summed E-state index contributed by atoms with van der Waals surface area (Å²) >= 11 is 9.19. The maximum absolute atomic E-state index is 12.8. The predicted molar refractivity (Wildman–Crippen MR) is 60.4 cm³/mol. The molecule has 15 heavy (non-hydrogen) atoms. The van der Waals surface area contributed by atoms with Crippen LogP contribution in [0.3, 0.4) is 0 Å². The van der Waals surface area contributed by atoms with Crippen molar-refractivity contribution in [3.8, 4) is 0 Å². The first-order chi connectivity index (χ1) is 7.15. The topological polar surface area (TPSA) is 17.8 Å². The smallest absolute Gasteiger partial charge is 0.124 e. The largest absolute Gasteiger partial charge is 0.267 e. The number of hydrogen-bond acceptors (Lipinski definition) is 1. The van der Waals surface area contributed by atoms with Gasteiger partial charge in [-0.15, -0.1) is 0 Å². The first kappa shape index (κ1) is 10.6. The van der Waals surface area contributed by atoms with Crippen molar-refractivity contribution in [1.29, 1.82) is 0 Å².